The van der Waals surface area contributed by atoms with Gasteiger partial charge in [0.05, 0.1) is 18.1 Å². The lowest BCUT2D eigenvalue weighted by Gasteiger charge is -2.01. The quantitative estimate of drug-likeness (QED) is 0.470. The summed E-state index contributed by atoms with van der Waals surface area (Å²) in [5.41, 5.74) is 4.52. The first-order valence-electron chi connectivity index (χ1n) is 3.89. The molecule has 1 N–H and O–H groups in total. The molecule has 6 heteroatoms. The van der Waals surface area contributed by atoms with Crippen LogP contribution in [0.4, 0.5) is 0 Å². The zero-order valence-corrected chi connectivity index (χ0v) is 9.52. The first-order chi connectivity index (χ1) is 6.74. The minimum atomic E-state index is 0.645. The van der Waals surface area contributed by atoms with Crippen molar-refractivity contribution in [3.63, 3.8) is 0 Å². The third-order valence-corrected chi connectivity index (χ3v) is 2.56. The van der Waals surface area contributed by atoms with Crippen LogP contribution in [-0.4, -0.2) is 26.5 Å². The van der Waals surface area contributed by atoms with E-state index in [4.69, 9.17) is 12.2 Å². The Labute approximate surface area is 92.2 Å². The summed E-state index contributed by atoms with van der Waals surface area (Å²) in [6, 6.07) is 1.84. The summed E-state index contributed by atoms with van der Waals surface area (Å²) in [5, 5.41) is 11.5. The fourth-order valence-electron chi connectivity index (χ4n) is 0.744. The Balaban J connectivity index is 2.66. The molecule has 0 aliphatic carbocycles. The molecule has 0 amide bonds. The van der Waals surface area contributed by atoms with Gasteiger partial charge in [-0.2, -0.15) is 15.3 Å². The number of hydrogen-bond donors (Lipinski definition) is 1. The van der Waals surface area contributed by atoms with Gasteiger partial charge < -0.3 is 0 Å². The molecular formula is C8H10N4S2. The van der Waals surface area contributed by atoms with Crippen LogP contribution in [0.25, 0.3) is 0 Å². The molecule has 4 nitrogen and oxygen atoms in total. The van der Waals surface area contributed by atoms with Gasteiger partial charge >= 0.3 is 0 Å². The van der Waals surface area contributed by atoms with Crippen LogP contribution in [0.3, 0.4) is 0 Å². The van der Waals surface area contributed by atoms with Gasteiger partial charge in [0.2, 0.25) is 0 Å². The lowest BCUT2D eigenvalue weighted by molar-refractivity contribution is 1.02. The van der Waals surface area contributed by atoms with E-state index in [1.54, 1.807) is 12.4 Å². The molecule has 0 aliphatic rings. The van der Waals surface area contributed by atoms with Gasteiger partial charge in [-0.3, -0.25) is 5.43 Å². The van der Waals surface area contributed by atoms with Gasteiger partial charge in [0.1, 0.15) is 0 Å². The number of hydrazone groups is 1. The van der Waals surface area contributed by atoms with E-state index in [1.807, 2.05) is 19.2 Å². The molecule has 0 atom stereocenters. The highest BCUT2D eigenvalue weighted by molar-refractivity contribution is 8.22. The van der Waals surface area contributed by atoms with E-state index in [1.165, 1.54) is 11.8 Å². The molecule has 1 aromatic heterocycles. The van der Waals surface area contributed by atoms with Gasteiger partial charge in [0.25, 0.3) is 0 Å². The number of hydrogen-bond acceptors (Lipinski definition) is 5. The van der Waals surface area contributed by atoms with Crippen LogP contribution < -0.4 is 5.43 Å². The minimum absolute atomic E-state index is 0.645. The largest absolute Gasteiger partial charge is 0.262 e. The molecular weight excluding hydrogens is 216 g/mol. The molecule has 1 aromatic rings. The summed E-state index contributed by atoms with van der Waals surface area (Å²) in [7, 11) is 0. The van der Waals surface area contributed by atoms with Gasteiger partial charge in [0.15, 0.2) is 4.32 Å². The van der Waals surface area contributed by atoms with Crippen LogP contribution in [-0.2, 0) is 0 Å². The first-order valence-corrected chi connectivity index (χ1v) is 5.52. The van der Waals surface area contributed by atoms with Crippen molar-refractivity contribution in [3.05, 3.63) is 24.0 Å². The summed E-state index contributed by atoms with van der Waals surface area (Å²) in [6.45, 7) is 1.88. The summed E-state index contributed by atoms with van der Waals surface area (Å²) in [5.74, 6) is 0. The van der Waals surface area contributed by atoms with E-state index in [0.717, 1.165) is 11.3 Å². The van der Waals surface area contributed by atoms with Crippen LogP contribution in [0.15, 0.2) is 23.6 Å². The van der Waals surface area contributed by atoms with Crippen molar-refractivity contribution in [1.82, 2.24) is 15.6 Å². The Morgan fingerprint density at radius 3 is 2.93 bits per heavy atom. The Hall–Kier alpha value is -1.01. The van der Waals surface area contributed by atoms with Crippen molar-refractivity contribution in [3.8, 4) is 0 Å². The van der Waals surface area contributed by atoms with Crippen LogP contribution in [0, 0.1) is 0 Å². The number of rotatable bonds is 2. The van der Waals surface area contributed by atoms with Crippen LogP contribution in [0.2, 0.25) is 0 Å². The predicted octanol–water partition coefficient (Wildman–Crippen LogP) is 1.44. The molecule has 0 aromatic carbocycles. The maximum absolute atomic E-state index is 4.94. The summed E-state index contributed by atoms with van der Waals surface area (Å²) < 4.78 is 0.645. The number of thiocarbonyl (C=S) groups is 1. The van der Waals surface area contributed by atoms with Crippen LogP contribution in [0.5, 0.6) is 0 Å². The molecule has 0 radical (unpaired) electrons. The second-order valence-corrected chi connectivity index (χ2v) is 3.91. The van der Waals surface area contributed by atoms with Gasteiger partial charge in [-0.1, -0.05) is 24.0 Å². The topological polar surface area (TPSA) is 50.2 Å². The van der Waals surface area contributed by atoms with Crippen LogP contribution in [0.1, 0.15) is 12.5 Å². The highest BCUT2D eigenvalue weighted by atomic mass is 32.2. The number of nitrogens with zero attached hydrogens (tertiary/aromatic N) is 3. The average molecular weight is 226 g/mol. The van der Waals surface area contributed by atoms with E-state index in [2.05, 4.69) is 20.7 Å². The molecule has 0 bridgehead atoms. The standard InChI is InChI=1S/C8H10N4S2/c1-6(11-12-8(13)14-2)7-3-4-9-10-5-7/h3-5H,1-2H3,(H,12,13)/b11-6+. The molecule has 0 fully saturated rings. The predicted molar refractivity (Wildman–Crippen MR) is 63.5 cm³/mol. The first kappa shape index (κ1) is 11.1. The van der Waals surface area contributed by atoms with E-state index >= 15 is 0 Å². The second kappa shape index (κ2) is 5.66. The third-order valence-electron chi connectivity index (χ3n) is 1.50. The smallest absolute Gasteiger partial charge is 0.153 e. The van der Waals surface area contributed by atoms with E-state index in [0.29, 0.717) is 4.32 Å². The maximum atomic E-state index is 4.94. The molecule has 0 unspecified atom stereocenters. The lowest BCUT2D eigenvalue weighted by Crippen LogP contribution is -2.13. The van der Waals surface area contributed by atoms with E-state index < -0.39 is 0 Å². The third kappa shape index (κ3) is 3.39. The molecule has 0 aliphatic heterocycles. The van der Waals surface area contributed by atoms with Gasteiger partial charge in [-0.15, -0.1) is 0 Å². The van der Waals surface area contributed by atoms with Crippen molar-refractivity contribution in [2.24, 2.45) is 5.10 Å². The Morgan fingerprint density at radius 1 is 1.57 bits per heavy atom. The molecule has 1 rings (SSSR count). The SMILES string of the molecule is CSC(=S)N/N=C(\C)c1ccnnc1. The van der Waals surface area contributed by atoms with Crippen molar-refractivity contribution in [2.45, 2.75) is 6.92 Å². The van der Waals surface area contributed by atoms with Crippen molar-refractivity contribution < 1.29 is 0 Å². The normalized spacial score (nSPS) is 11.1. The highest BCUT2D eigenvalue weighted by Crippen LogP contribution is 1.98. The van der Waals surface area contributed by atoms with Gasteiger partial charge in [0, 0.05) is 5.56 Å². The monoisotopic (exact) mass is 226 g/mol. The zero-order chi connectivity index (χ0) is 10.4. The summed E-state index contributed by atoms with van der Waals surface area (Å²) in [4.78, 5) is 0. The molecule has 14 heavy (non-hydrogen) atoms. The highest BCUT2D eigenvalue weighted by Gasteiger charge is 1.96. The summed E-state index contributed by atoms with van der Waals surface area (Å²) >= 11 is 6.39. The van der Waals surface area contributed by atoms with Gasteiger partial charge in [-0.25, -0.2) is 0 Å². The Bertz CT molecular complexity index is 336. The van der Waals surface area contributed by atoms with Gasteiger partial charge in [-0.05, 0) is 19.2 Å². The fourth-order valence-corrected chi connectivity index (χ4v) is 0.927. The van der Waals surface area contributed by atoms with Crippen LogP contribution >= 0.6 is 24.0 Å². The van der Waals surface area contributed by atoms with Crippen molar-refractivity contribution in [2.75, 3.05) is 6.26 Å². The van der Waals surface area contributed by atoms with Crippen molar-refractivity contribution in [1.29, 1.82) is 0 Å². The molecule has 74 valence electrons. The number of aromatic nitrogens is 2. The minimum Gasteiger partial charge on any atom is -0.262 e. The lowest BCUT2D eigenvalue weighted by atomic mass is 10.2. The van der Waals surface area contributed by atoms with Crippen molar-refractivity contribution >= 4 is 34.0 Å². The fraction of sp³-hybridized carbons (Fsp3) is 0.250. The Kier molecular flexibility index (Phi) is 4.48. The van der Waals surface area contributed by atoms with E-state index in [9.17, 15) is 0 Å². The summed E-state index contributed by atoms with van der Waals surface area (Å²) in [6.07, 6.45) is 5.18. The number of thioether (sulfide) groups is 1. The Morgan fingerprint density at radius 2 is 2.36 bits per heavy atom. The molecule has 0 saturated carbocycles. The van der Waals surface area contributed by atoms with E-state index in [-0.39, 0.29) is 0 Å². The second-order valence-electron chi connectivity index (χ2n) is 2.43. The number of nitrogens with one attached hydrogen (secondary N) is 1. The zero-order valence-electron chi connectivity index (χ0n) is 7.89. The molecule has 0 spiro atoms. The maximum Gasteiger partial charge on any atom is 0.153 e. The molecule has 1 heterocycles. The molecule has 0 saturated heterocycles. The average Bonchev–Trinajstić information content (AvgIpc) is 2.26.